The normalized spacial score (nSPS) is 11.7. The Bertz CT molecular complexity index is 1520. The number of benzene rings is 2. The zero-order chi connectivity index (χ0) is 24.4. The number of aryl methyl sites for hydroxylation is 1. The molecule has 0 spiro atoms. The summed E-state index contributed by atoms with van der Waals surface area (Å²) in [6, 6.07) is 16.4. The quantitative estimate of drug-likeness (QED) is 0.389. The largest absolute Gasteiger partial charge is 0.478 e. The third-order valence-electron chi connectivity index (χ3n) is 5.47. The fraction of sp³-hybridized carbons (Fsp3) is 0.154. The van der Waals surface area contributed by atoms with E-state index in [2.05, 4.69) is 10.3 Å². The monoisotopic (exact) mass is 455 g/mol. The lowest BCUT2D eigenvalue weighted by Crippen LogP contribution is -2.14. The van der Waals surface area contributed by atoms with Crippen LogP contribution in [0.3, 0.4) is 0 Å². The Morgan fingerprint density at radius 1 is 1.21 bits per heavy atom. The molecule has 3 N–H and O–H groups in total. The number of para-hydroxylation sites is 1. The molecule has 0 aliphatic carbocycles. The second-order valence-corrected chi connectivity index (χ2v) is 7.87. The molecule has 0 aliphatic heterocycles. The van der Waals surface area contributed by atoms with Crippen molar-refractivity contribution in [3.63, 3.8) is 0 Å². The highest BCUT2D eigenvalue weighted by atomic mass is 16.4. The minimum Gasteiger partial charge on any atom is -0.478 e. The van der Waals surface area contributed by atoms with Gasteiger partial charge in [-0.05, 0) is 49.7 Å². The number of pyridine rings is 1. The topological polar surface area (TPSA) is 136 Å². The van der Waals surface area contributed by atoms with Crippen molar-refractivity contribution in [3.8, 4) is 17.5 Å². The van der Waals surface area contributed by atoms with E-state index in [4.69, 9.17) is 4.42 Å². The zero-order valence-electron chi connectivity index (χ0n) is 18.5. The molecule has 2 aromatic heterocycles. The van der Waals surface area contributed by atoms with Crippen LogP contribution in [0, 0.1) is 18.3 Å². The third-order valence-corrected chi connectivity index (χ3v) is 5.47. The van der Waals surface area contributed by atoms with Crippen LogP contribution in [-0.2, 0) is 6.61 Å². The van der Waals surface area contributed by atoms with Crippen LogP contribution in [0.1, 0.15) is 45.7 Å². The molecule has 0 saturated heterocycles. The molecule has 2 aromatic carbocycles. The number of carboxylic acid groups (broad SMARTS) is 1. The van der Waals surface area contributed by atoms with Crippen LogP contribution >= 0.6 is 0 Å². The van der Waals surface area contributed by atoms with Gasteiger partial charge in [0.05, 0.1) is 29.3 Å². The molecule has 0 amide bonds. The molecule has 2 heterocycles. The highest BCUT2D eigenvalue weighted by molar-refractivity contribution is 5.94. The Morgan fingerprint density at radius 3 is 2.68 bits per heavy atom. The van der Waals surface area contributed by atoms with E-state index in [0.29, 0.717) is 16.9 Å². The number of nitrogens with zero attached hydrogens (tertiary/aromatic N) is 2. The van der Waals surface area contributed by atoms with Gasteiger partial charge < -0.3 is 19.9 Å². The molecular formula is C26H21N3O5. The van der Waals surface area contributed by atoms with Crippen molar-refractivity contribution in [2.75, 3.05) is 5.32 Å². The summed E-state index contributed by atoms with van der Waals surface area (Å²) in [6.07, 6.45) is 0. The van der Waals surface area contributed by atoms with E-state index in [0.717, 1.165) is 5.56 Å². The summed E-state index contributed by atoms with van der Waals surface area (Å²) in [4.78, 5) is 29.2. The molecule has 4 aromatic rings. The van der Waals surface area contributed by atoms with Crippen LogP contribution in [0.2, 0.25) is 0 Å². The second-order valence-electron chi connectivity index (χ2n) is 7.87. The summed E-state index contributed by atoms with van der Waals surface area (Å²) in [6.45, 7) is 3.35. The Kier molecular flexibility index (Phi) is 6.13. The summed E-state index contributed by atoms with van der Waals surface area (Å²) >= 11 is 0. The highest BCUT2D eigenvalue weighted by Gasteiger charge is 2.22. The molecule has 0 unspecified atom stereocenters. The van der Waals surface area contributed by atoms with Crippen molar-refractivity contribution in [2.24, 2.45) is 0 Å². The number of carboxylic acids is 1. The van der Waals surface area contributed by atoms with Crippen LogP contribution in [0.25, 0.3) is 22.4 Å². The van der Waals surface area contributed by atoms with E-state index < -0.39 is 17.4 Å². The van der Waals surface area contributed by atoms with Crippen molar-refractivity contribution >= 4 is 22.6 Å². The molecule has 0 fully saturated rings. The maximum Gasteiger partial charge on any atom is 0.337 e. The van der Waals surface area contributed by atoms with E-state index in [9.17, 15) is 25.1 Å². The number of carbonyl (C=O) groups is 1. The second kappa shape index (κ2) is 9.17. The predicted molar refractivity (Wildman–Crippen MR) is 127 cm³/mol. The fourth-order valence-electron chi connectivity index (χ4n) is 3.88. The van der Waals surface area contributed by atoms with Gasteiger partial charge in [0.1, 0.15) is 22.9 Å². The van der Waals surface area contributed by atoms with Gasteiger partial charge in [0.2, 0.25) is 5.43 Å². The first kappa shape index (κ1) is 22.7. The van der Waals surface area contributed by atoms with Gasteiger partial charge in [0.15, 0.2) is 5.76 Å². The van der Waals surface area contributed by atoms with E-state index in [1.165, 1.54) is 6.07 Å². The number of anilines is 1. The van der Waals surface area contributed by atoms with Crippen molar-refractivity contribution in [1.29, 1.82) is 5.26 Å². The molecule has 8 heteroatoms. The number of fused-ring (bicyclic) bond motifs is 1. The first-order valence-corrected chi connectivity index (χ1v) is 10.5. The van der Waals surface area contributed by atoms with E-state index in [1.807, 2.05) is 26.0 Å². The van der Waals surface area contributed by atoms with E-state index in [1.54, 1.807) is 42.5 Å². The molecule has 4 rings (SSSR count). The SMILES string of the molecule is Cc1cc([C@@H](C)Nc2ccccc2C(=O)O)c2oc(-c3cccc(CO)n3)c(C#N)c(=O)c2c1. The number of hydrogen-bond acceptors (Lipinski definition) is 7. The van der Waals surface area contributed by atoms with Crippen LogP contribution < -0.4 is 10.7 Å². The number of aliphatic hydroxyl groups is 1. The Morgan fingerprint density at radius 2 is 1.97 bits per heavy atom. The minimum atomic E-state index is -1.06. The summed E-state index contributed by atoms with van der Waals surface area (Å²) in [5.41, 5.74) is 2.17. The van der Waals surface area contributed by atoms with Crippen molar-refractivity contribution in [3.05, 3.63) is 92.8 Å². The molecular weight excluding hydrogens is 434 g/mol. The molecule has 34 heavy (non-hydrogen) atoms. The third kappa shape index (κ3) is 4.12. The summed E-state index contributed by atoms with van der Waals surface area (Å²) in [7, 11) is 0. The van der Waals surface area contributed by atoms with Gasteiger partial charge in [0, 0.05) is 11.3 Å². The highest BCUT2D eigenvalue weighted by Crippen LogP contribution is 2.32. The zero-order valence-corrected chi connectivity index (χ0v) is 18.5. The smallest absolute Gasteiger partial charge is 0.337 e. The van der Waals surface area contributed by atoms with Gasteiger partial charge in [-0.3, -0.25) is 4.79 Å². The number of rotatable bonds is 6. The van der Waals surface area contributed by atoms with Gasteiger partial charge in [-0.1, -0.05) is 24.3 Å². The maximum atomic E-state index is 13.3. The Labute approximate surface area is 194 Å². The number of aromatic carboxylic acids is 1. The summed E-state index contributed by atoms with van der Waals surface area (Å²) in [5.74, 6) is -1.05. The first-order valence-electron chi connectivity index (χ1n) is 10.5. The lowest BCUT2D eigenvalue weighted by Gasteiger charge is -2.19. The Balaban J connectivity index is 1.93. The number of aromatic nitrogens is 1. The summed E-state index contributed by atoms with van der Waals surface area (Å²) in [5, 5.41) is 32.1. The van der Waals surface area contributed by atoms with Crippen molar-refractivity contribution in [2.45, 2.75) is 26.5 Å². The number of hydrogen-bond donors (Lipinski definition) is 3. The maximum absolute atomic E-state index is 13.3. The van der Waals surface area contributed by atoms with Crippen molar-refractivity contribution in [1.82, 2.24) is 4.98 Å². The molecule has 8 nitrogen and oxygen atoms in total. The Hall–Kier alpha value is -4.48. The number of aliphatic hydroxyl groups excluding tert-OH is 1. The number of nitrogens with one attached hydrogen (secondary N) is 1. The predicted octanol–water partition coefficient (Wildman–Crippen LogP) is 4.40. The molecule has 0 saturated carbocycles. The lowest BCUT2D eigenvalue weighted by molar-refractivity contribution is 0.0698. The van der Waals surface area contributed by atoms with Crippen molar-refractivity contribution < 1.29 is 19.4 Å². The van der Waals surface area contributed by atoms with Gasteiger partial charge >= 0.3 is 5.97 Å². The van der Waals surface area contributed by atoms with Crippen LogP contribution in [0.15, 0.2) is 63.8 Å². The molecule has 1 atom stereocenters. The first-order chi connectivity index (χ1) is 16.3. The molecule has 170 valence electrons. The standard InChI is InChI=1S/C26H21N3O5/c1-14-10-18(15(2)28-21-8-4-3-7-17(21)26(32)33)24-19(11-14)23(31)20(12-27)25(34-24)22-9-5-6-16(13-30)29-22/h3-11,15,28,30H,13H2,1-2H3,(H,32,33)/t15-/m1/s1. The lowest BCUT2D eigenvalue weighted by atomic mass is 9.99. The average molecular weight is 455 g/mol. The average Bonchev–Trinajstić information content (AvgIpc) is 2.84. The molecule has 0 aliphatic rings. The number of nitriles is 1. The fourth-order valence-corrected chi connectivity index (χ4v) is 3.88. The molecule has 0 radical (unpaired) electrons. The summed E-state index contributed by atoms with van der Waals surface area (Å²) < 4.78 is 6.15. The van der Waals surface area contributed by atoms with Gasteiger partial charge in [-0.25, -0.2) is 9.78 Å². The molecule has 0 bridgehead atoms. The van der Waals surface area contributed by atoms with Gasteiger partial charge in [-0.2, -0.15) is 5.26 Å². The van der Waals surface area contributed by atoms with Crippen LogP contribution in [0.5, 0.6) is 0 Å². The van der Waals surface area contributed by atoms with Gasteiger partial charge in [0.25, 0.3) is 0 Å². The van der Waals surface area contributed by atoms with Crippen LogP contribution in [0.4, 0.5) is 5.69 Å². The van der Waals surface area contributed by atoms with E-state index in [-0.39, 0.29) is 40.2 Å². The van der Waals surface area contributed by atoms with Gasteiger partial charge in [-0.15, -0.1) is 0 Å². The van der Waals surface area contributed by atoms with Crippen LogP contribution in [-0.4, -0.2) is 21.2 Å². The minimum absolute atomic E-state index is 0.0125. The van der Waals surface area contributed by atoms with E-state index >= 15 is 0 Å².